The first-order chi connectivity index (χ1) is 22.7. The molecule has 1 spiro atoms. The molecule has 10 heteroatoms. The zero-order chi connectivity index (χ0) is 35.4. The summed E-state index contributed by atoms with van der Waals surface area (Å²) >= 11 is 0. The second-order valence-electron chi connectivity index (χ2n) is 15.3. The molecule has 48 heavy (non-hydrogen) atoms. The topological polar surface area (TPSA) is 125 Å². The molecule has 2 bridgehead atoms. The van der Waals surface area contributed by atoms with Crippen molar-refractivity contribution in [2.45, 2.75) is 115 Å². The van der Waals surface area contributed by atoms with E-state index in [1.165, 1.54) is 4.90 Å². The van der Waals surface area contributed by atoms with Crippen LogP contribution in [0.2, 0.25) is 0 Å². The number of aliphatic hydroxyl groups is 1. The van der Waals surface area contributed by atoms with Gasteiger partial charge in [-0.15, -0.1) is 13.2 Å². The molecule has 0 aromatic heterocycles. The number of carbonyl (C=O) groups excluding carboxylic acids is 4. The van der Waals surface area contributed by atoms with E-state index in [0.717, 1.165) is 5.56 Å². The lowest BCUT2D eigenvalue weighted by Crippen LogP contribution is -2.62. The number of benzene rings is 1. The number of amides is 3. The average molecular weight is 666 g/mol. The Morgan fingerprint density at radius 3 is 2.44 bits per heavy atom. The van der Waals surface area contributed by atoms with E-state index in [9.17, 15) is 24.3 Å². The third-order valence-corrected chi connectivity index (χ3v) is 10.1. The number of rotatable bonds is 16. The summed E-state index contributed by atoms with van der Waals surface area (Å²) in [6.45, 7) is 19.7. The minimum absolute atomic E-state index is 0.0806. The number of aliphatic hydroxyl groups excluding tert-OH is 1. The van der Waals surface area contributed by atoms with Crippen molar-refractivity contribution < 1.29 is 33.8 Å². The minimum atomic E-state index is -1.22. The van der Waals surface area contributed by atoms with Gasteiger partial charge in [0.2, 0.25) is 17.7 Å². The molecule has 3 heterocycles. The van der Waals surface area contributed by atoms with Crippen LogP contribution in [0.5, 0.6) is 0 Å². The Hall–Kier alpha value is -3.50. The van der Waals surface area contributed by atoms with Gasteiger partial charge in [0.25, 0.3) is 0 Å². The molecule has 3 aliphatic heterocycles. The molecule has 2 N–H and O–H groups in total. The van der Waals surface area contributed by atoms with E-state index in [0.29, 0.717) is 32.1 Å². The van der Waals surface area contributed by atoms with E-state index in [1.807, 2.05) is 51.1 Å². The average Bonchev–Trinajstić information content (AvgIpc) is 3.68. The highest BCUT2D eigenvalue weighted by molar-refractivity contribution is 5.99. The van der Waals surface area contributed by atoms with Gasteiger partial charge in [-0.25, -0.2) is 0 Å². The lowest BCUT2D eigenvalue weighted by atomic mass is 9.70. The number of hydrogen-bond donors (Lipinski definition) is 2. The molecule has 3 amide bonds. The van der Waals surface area contributed by atoms with E-state index in [2.05, 4.69) is 39.2 Å². The van der Waals surface area contributed by atoms with Crippen LogP contribution >= 0.6 is 0 Å². The lowest BCUT2D eigenvalue weighted by Gasteiger charge is -2.46. The van der Waals surface area contributed by atoms with E-state index >= 15 is 0 Å². The van der Waals surface area contributed by atoms with Gasteiger partial charge in [-0.3, -0.25) is 19.2 Å². The van der Waals surface area contributed by atoms with Gasteiger partial charge in [0.05, 0.1) is 36.6 Å². The molecule has 3 saturated heterocycles. The molecule has 0 radical (unpaired) electrons. The summed E-state index contributed by atoms with van der Waals surface area (Å²) in [5, 5.41) is 13.5. The first-order valence-corrected chi connectivity index (χ1v) is 17.3. The number of fused-ring (bicyclic) bond motifs is 1. The number of esters is 1. The largest absolute Gasteiger partial charge is 0.463 e. The Kier molecular flexibility index (Phi) is 11.6. The van der Waals surface area contributed by atoms with Crippen LogP contribution in [0, 0.1) is 17.3 Å². The van der Waals surface area contributed by atoms with Gasteiger partial charge in [-0.2, -0.15) is 0 Å². The number of hydrogen-bond acceptors (Lipinski definition) is 7. The predicted octanol–water partition coefficient (Wildman–Crippen LogP) is 4.73. The van der Waals surface area contributed by atoms with Gasteiger partial charge in [0.1, 0.15) is 18.2 Å². The zero-order valence-corrected chi connectivity index (χ0v) is 29.6. The van der Waals surface area contributed by atoms with Crippen LogP contribution in [0.25, 0.3) is 0 Å². The van der Waals surface area contributed by atoms with Crippen LogP contribution in [0.1, 0.15) is 91.7 Å². The number of carbonyl (C=O) groups is 4. The summed E-state index contributed by atoms with van der Waals surface area (Å²) in [4.78, 5) is 59.5. The van der Waals surface area contributed by atoms with Crippen LogP contribution in [0.3, 0.4) is 0 Å². The highest BCUT2D eigenvalue weighted by atomic mass is 16.5. The molecule has 1 aromatic carbocycles. The van der Waals surface area contributed by atoms with Crippen molar-refractivity contribution in [3.05, 3.63) is 61.2 Å². The first-order valence-electron chi connectivity index (χ1n) is 17.3. The molecule has 4 rings (SSSR count). The predicted molar refractivity (Wildman–Crippen MR) is 183 cm³/mol. The maximum absolute atomic E-state index is 14.9. The molecular formula is C38H55N3O7. The summed E-state index contributed by atoms with van der Waals surface area (Å²) in [5.41, 5.74) is -1.15. The van der Waals surface area contributed by atoms with Crippen molar-refractivity contribution in [1.29, 1.82) is 0 Å². The zero-order valence-electron chi connectivity index (χ0n) is 29.6. The third kappa shape index (κ3) is 7.39. The van der Waals surface area contributed by atoms with Crippen molar-refractivity contribution in [2.24, 2.45) is 17.3 Å². The van der Waals surface area contributed by atoms with Crippen molar-refractivity contribution in [3.63, 3.8) is 0 Å². The highest BCUT2D eigenvalue weighted by Crippen LogP contribution is 2.59. The standard InChI is InChI=1S/C38H55N3O7/c1-9-12-18-29(43)47-23-27(25-16-14-13-15-17-25)39-33(44)30-28-19-20-38(48-28)31(30)34(45)41(26(11-3)22-42)32(38)35(46)40(21-10-2)37(7,8)24-36(4,5)6/h9-10,13-17,26-28,30-32,42H,1-2,11-12,18-24H2,3-8H3,(H,39,44)/t26-,27-,28-,30+,31+,32-,38+/m0/s1. The second kappa shape index (κ2) is 14.9. The summed E-state index contributed by atoms with van der Waals surface area (Å²) < 4.78 is 12.2. The number of nitrogens with one attached hydrogen (secondary N) is 1. The van der Waals surface area contributed by atoms with Crippen molar-refractivity contribution in [2.75, 3.05) is 19.8 Å². The summed E-state index contributed by atoms with van der Waals surface area (Å²) in [6.07, 6.45) is 5.51. The van der Waals surface area contributed by atoms with Gasteiger partial charge in [0.15, 0.2) is 0 Å². The molecular weight excluding hydrogens is 610 g/mol. The highest BCUT2D eigenvalue weighted by Gasteiger charge is 2.75. The maximum Gasteiger partial charge on any atom is 0.306 e. The van der Waals surface area contributed by atoms with E-state index in [-0.39, 0.29) is 43.4 Å². The molecule has 10 nitrogen and oxygen atoms in total. The van der Waals surface area contributed by atoms with E-state index < -0.39 is 59.1 Å². The number of ether oxygens (including phenoxy) is 2. The van der Waals surface area contributed by atoms with Crippen LogP contribution in [-0.2, 0) is 28.7 Å². The van der Waals surface area contributed by atoms with Crippen molar-refractivity contribution in [1.82, 2.24) is 15.1 Å². The maximum atomic E-state index is 14.9. The van der Waals surface area contributed by atoms with Gasteiger partial charge in [-0.1, -0.05) is 70.2 Å². The first kappa shape index (κ1) is 37.3. The minimum Gasteiger partial charge on any atom is -0.463 e. The Morgan fingerprint density at radius 1 is 1.17 bits per heavy atom. The molecule has 3 fully saturated rings. The quantitative estimate of drug-likeness (QED) is 0.193. The number of nitrogens with zero attached hydrogens (tertiary/aromatic N) is 2. The van der Waals surface area contributed by atoms with Gasteiger partial charge in [0, 0.05) is 18.5 Å². The summed E-state index contributed by atoms with van der Waals surface area (Å²) in [5.74, 6) is -3.17. The fraction of sp³-hybridized carbons (Fsp3) is 0.632. The normalized spacial score (nSPS) is 26.1. The fourth-order valence-corrected chi connectivity index (χ4v) is 8.43. The summed E-state index contributed by atoms with van der Waals surface area (Å²) in [7, 11) is 0. The smallest absolute Gasteiger partial charge is 0.306 e. The monoisotopic (exact) mass is 665 g/mol. The summed E-state index contributed by atoms with van der Waals surface area (Å²) in [6, 6.07) is 6.94. The molecule has 7 atom stereocenters. The lowest BCUT2D eigenvalue weighted by molar-refractivity contribution is -0.155. The van der Waals surface area contributed by atoms with Crippen molar-refractivity contribution in [3.8, 4) is 0 Å². The van der Waals surface area contributed by atoms with Crippen molar-refractivity contribution >= 4 is 23.7 Å². The molecule has 1 aromatic rings. The second-order valence-corrected chi connectivity index (χ2v) is 15.3. The molecule has 0 aliphatic carbocycles. The van der Waals surface area contributed by atoms with Gasteiger partial charge >= 0.3 is 5.97 Å². The Morgan fingerprint density at radius 2 is 1.85 bits per heavy atom. The van der Waals surface area contributed by atoms with Gasteiger partial charge in [-0.05, 0) is 56.9 Å². The fourth-order valence-electron chi connectivity index (χ4n) is 8.43. The van der Waals surface area contributed by atoms with E-state index in [1.54, 1.807) is 17.1 Å². The third-order valence-electron chi connectivity index (χ3n) is 10.1. The van der Waals surface area contributed by atoms with E-state index in [4.69, 9.17) is 9.47 Å². The Labute approximate surface area is 285 Å². The Balaban J connectivity index is 1.70. The molecule has 3 aliphatic rings. The Bertz CT molecular complexity index is 1350. The number of allylic oxidation sites excluding steroid dienone is 1. The molecule has 0 unspecified atom stereocenters. The van der Waals surface area contributed by atoms with Crippen LogP contribution in [0.15, 0.2) is 55.6 Å². The number of likely N-dealkylation sites (tertiary alicyclic amines) is 1. The van der Waals surface area contributed by atoms with Gasteiger partial charge < -0.3 is 29.7 Å². The molecule has 264 valence electrons. The SMILES string of the molecule is C=CCCC(=O)OC[C@H](NC(=O)[C@@H]1[C@@H]2CC[C@]3(O2)[C@H](C(=O)N(CC=C)C(C)(C)CC(C)(C)C)N([C@@H](CC)CO)C(=O)[C@@H]13)c1ccccc1. The molecule has 0 saturated carbocycles. The van der Waals surface area contributed by atoms with Crippen LogP contribution < -0.4 is 5.32 Å². The van der Waals surface area contributed by atoms with Crippen LogP contribution in [-0.4, -0.2) is 87.7 Å². The van der Waals surface area contributed by atoms with Crippen LogP contribution in [0.4, 0.5) is 0 Å².